The van der Waals surface area contributed by atoms with Gasteiger partial charge in [-0.15, -0.1) is 11.3 Å². The van der Waals surface area contributed by atoms with Crippen LogP contribution in [0.2, 0.25) is 0 Å². The average Bonchev–Trinajstić information content (AvgIpc) is 3.63. The molecule has 7 rings (SSSR count). The molecule has 0 spiro atoms. The molecule has 0 saturated heterocycles. The van der Waals surface area contributed by atoms with E-state index in [0.717, 1.165) is 29.7 Å². The third-order valence-electron chi connectivity index (χ3n) is 7.95. The number of para-hydroxylation sites is 1. The van der Waals surface area contributed by atoms with Crippen LogP contribution in [0.1, 0.15) is 36.9 Å². The Labute approximate surface area is 267 Å². The number of aryl methyl sites for hydroxylation is 1. The van der Waals surface area contributed by atoms with Crippen LogP contribution in [0.4, 0.5) is 33.3 Å². The lowest BCUT2D eigenvalue weighted by atomic mass is 10.0. The summed E-state index contributed by atoms with van der Waals surface area (Å²) in [6, 6.07) is 15.1. The Hall–Kier alpha value is -5.43. The van der Waals surface area contributed by atoms with Crippen molar-refractivity contribution in [3.05, 3.63) is 118 Å². The predicted octanol–water partition coefficient (Wildman–Crippen LogP) is 8.41. The van der Waals surface area contributed by atoms with E-state index < -0.39 is 35.2 Å². The SMILES string of the molecule is Cc1cccc(F)c1NC(=O)c1cc2c(s1)-c1ccc(C(F)(F)F)cc1N(C(=O)c1cccc(-c3c[nH]c4ncc(F)cc34)n1)CC2. The quantitative estimate of drug-likeness (QED) is 0.186. The van der Waals surface area contributed by atoms with Crippen molar-refractivity contribution in [2.24, 2.45) is 0 Å². The molecular weight excluding hydrogens is 637 g/mol. The molecule has 0 aliphatic carbocycles. The minimum absolute atomic E-state index is 0.00731. The molecular formula is C34H22F5N5O2S. The number of benzene rings is 2. The van der Waals surface area contributed by atoms with Crippen molar-refractivity contribution < 1.29 is 31.5 Å². The maximum atomic E-state index is 14.4. The van der Waals surface area contributed by atoms with Gasteiger partial charge in [-0.05, 0) is 66.9 Å². The second kappa shape index (κ2) is 11.4. The van der Waals surface area contributed by atoms with Crippen LogP contribution >= 0.6 is 11.3 Å². The van der Waals surface area contributed by atoms with E-state index in [0.29, 0.717) is 43.9 Å². The number of H-pyrrole nitrogens is 1. The molecule has 0 fully saturated rings. The first-order chi connectivity index (χ1) is 22.5. The molecule has 0 bridgehead atoms. The van der Waals surface area contributed by atoms with Crippen LogP contribution in [0.15, 0.2) is 79.1 Å². The second-order valence-electron chi connectivity index (χ2n) is 10.9. The van der Waals surface area contributed by atoms with Gasteiger partial charge in [0.2, 0.25) is 0 Å². The molecule has 1 aliphatic heterocycles. The number of thiophene rings is 1. The van der Waals surface area contributed by atoms with Gasteiger partial charge in [0, 0.05) is 34.1 Å². The molecule has 13 heteroatoms. The predicted molar refractivity (Wildman–Crippen MR) is 169 cm³/mol. The topological polar surface area (TPSA) is 91.0 Å². The van der Waals surface area contributed by atoms with Crippen LogP contribution in [0.5, 0.6) is 0 Å². The number of nitrogens with zero attached hydrogens (tertiary/aromatic N) is 3. The van der Waals surface area contributed by atoms with Gasteiger partial charge in [-0.25, -0.2) is 18.7 Å². The number of carbonyl (C=O) groups is 2. The summed E-state index contributed by atoms with van der Waals surface area (Å²) in [6.45, 7) is 1.64. The summed E-state index contributed by atoms with van der Waals surface area (Å²) in [7, 11) is 0. The Balaban J connectivity index is 1.27. The van der Waals surface area contributed by atoms with Crippen LogP contribution < -0.4 is 10.2 Å². The fourth-order valence-corrected chi connectivity index (χ4v) is 6.78. The van der Waals surface area contributed by atoms with Gasteiger partial charge in [0.25, 0.3) is 11.8 Å². The largest absolute Gasteiger partial charge is 0.416 e. The van der Waals surface area contributed by atoms with Crippen LogP contribution in [0.3, 0.4) is 0 Å². The van der Waals surface area contributed by atoms with Gasteiger partial charge in [0.05, 0.1) is 33.7 Å². The maximum Gasteiger partial charge on any atom is 0.416 e. The van der Waals surface area contributed by atoms with Crippen LogP contribution in [-0.4, -0.2) is 33.3 Å². The zero-order valence-electron chi connectivity index (χ0n) is 24.4. The van der Waals surface area contributed by atoms with Crippen molar-refractivity contribution in [1.82, 2.24) is 15.0 Å². The van der Waals surface area contributed by atoms with E-state index in [1.807, 2.05) is 0 Å². The van der Waals surface area contributed by atoms with E-state index in [1.165, 1.54) is 35.2 Å². The summed E-state index contributed by atoms with van der Waals surface area (Å²) in [5.41, 5.74) is 1.84. The highest BCUT2D eigenvalue weighted by Gasteiger charge is 2.35. The number of alkyl halides is 3. The average molecular weight is 660 g/mol. The Morgan fingerprint density at radius 1 is 1.00 bits per heavy atom. The number of hydrogen-bond acceptors (Lipinski definition) is 5. The lowest BCUT2D eigenvalue weighted by Crippen LogP contribution is -2.33. The molecule has 0 atom stereocenters. The summed E-state index contributed by atoms with van der Waals surface area (Å²) < 4.78 is 70.2. The van der Waals surface area contributed by atoms with Gasteiger partial charge < -0.3 is 15.2 Å². The van der Waals surface area contributed by atoms with E-state index in [-0.39, 0.29) is 34.9 Å². The molecule has 5 heterocycles. The van der Waals surface area contributed by atoms with Crippen molar-refractivity contribution in [2.45, 2.75) is 19.5 Å². The Morgan fingerprint density at radius 3 is 2.60 bits per heavy atom. The van der Waals surface area contributed by atoms with Crippen LogP contribution in [0.25, 0.3) is 32.7 Å². The third-order valence-corrected chi connectivity index (χ3v) is 9.15. The Kier molecular flexibility index (Phi) is 7.35. The molecule has 0 radical (unpaired) electrons. The van der Waals surface area contributed by atoms with Crippen molar-refractivity contribution in [3.63, 3.8) is 0 Å². The molecule has 236 valence electrons. The molecule has 0 saturated carbocycles. The van der Waals surface area contributed by atoms with Crippen LogP contribution in [0, 0.1) is 18.6 Å². The van der Waals surface area contributed by atoms with E-state index >= 15 is 0 Å². The van der Waals surface area contributed by atoms with Gasteiger partial charge in [0.1, 0.15) is 23.0 Å². The van der Waals surface area contributed by atoms with E-state index in [4.69, 9.17) is 0 Å². The molecule has 6 aromatic rings. The number of rotatable bonds is 4. The number of hydrogen-bond donors (Lipinski definition) is 2. The van der Waals surface area contributed by atoms with Crippen molar-refractivity contribution in [1.29, 1.82) is 0 Å². The number of aromatic nitrogens is 3. The third kappa shape index (κ3) is 5.52. The summed E-state index contributed by atoms with van der Waals surface area (Å²) >= 11 is 1.05. The lowest BCUT2D eigenvalue weighted by Gasteiger charge is -2.24. The molecule has 1 aliphatic rings. The van der Waals surface area contributed by atoms with Crippen molar-refractivity contribution in [3.8, 4) is 21.7 Å². The normalized spacial score (nSPS) is 12.9. The summed E-state index contributed by atoms with van der Waals surface area (Å²) in [6.07, 6.45) is -1.81. The zero-order chi connectivity index (χ0) is 33.0. The fraction of sp³-hybridized carbons (Fsp3) is 0.118. The minimum atomic E-state index is -4.69. The maximum absolute atomic E-state index is 14.4. The number of aromatic amines is 1. The van der Waals surface area contributed by atoms with Gasteiger partial charge >= 0.3 is 6.18 Å². The minimum Gasteiger partial charge on any atom is -0.345 e. The molecule has 2 aromatic carbocycles. The number of carbonyl (C=O) groups excluding carboxylic acids is 2. The highest BCUT2D eigenvalue weighted by molar-refractivity contribution is 7.17. The highest BCUT2D eigenvalue weighted by Crippen LogP contribution is 2.44. The smallest absolute Gasteiger partial charge is 0.345 e. The monoisotopic (exact) mass is 659 g/mol. The number of nitrogens with one attached hydrogen (secondary N) is 2. The fourth-order valence-electron chi connectivity index (χ4n) is 5.64. The lowest BCUT2D eigenvalue weighted by molar-refractivity contribution is -0.137. The zero-order valence-corrected chi connectivity index (χ0v) is 25.2. The van der Waals surface area contributed by atoms with Crippen molar-refractivity contribution >= 4 is 45.6 Å². The standard InChI is InChI=1S/C34H22F5N5O2S/c1-17-4-2-5-24(36)29(17)43-32(45)28-12-18-10-11-44(27-13-19(34(37,38)39)8-9-21(27)30(18)47-28)33(46)26-7-3-6-25(42-26)23-16-41-31-22(23)14-20(35)15-40-31/h2-9,12-16H,10-11H2,1H3,(H,40,41)(H,43,45). The number of fused-ring (bicyclic) bond motifs is 4. The Bertz CT molecular complexity index is 2200. The first-order valence-electron chi connectivity index (χ1n) is 14.3. The summed E-state index contributed by atoms with van der Waals surface area (Å²) in [5.74, 6) is -2.35. The summed E-state index contributed by atoms with van der Waals surface area (Å²) in [5, 5.41) is 3.05. The first-order valence-corrected chi connectivity index (χ1v) is 15.1. The number of halogens is 5. The molecule has 2 amide bonds. The highest BCUT2D eigenvalue weighted by atomic mass is 32.1. The van der Waals surface area contributed by atoms with Gasteiger partial charge in [-0.1, -0.05) is 24.3 Å². The summed E-state index contributed by atoms with van der Waals surface area (Å²) in [4.78, 5) is 40.7. The molecule has 7 nitrogen and oxygen atoms in total. The number of anilines is 2. The molecule has 47 heavy (non-hydrogen) atoms. The van der Waals surface area contributed by atoms with Crippen molar-refractivity contribution in [2.75, 3.05) is 16.8 Å². The number of amides is 2. The van der Waals surface area contributed by atoms with Gasteiger partial charge in [0.15, 0.2) is 0 Å². The number of pyridine rings is 2. The van der Waals surface area contributed by atoms with E-state index in [1.54, 1.807) is 37.4 Å². The Morgan fingerprint density at radius 2 is 1.81 bits per heavy atom. The van der Waals surface area contributed by atoms with E-state index in [2.05, 4.69) is 20.3 Å². The first kappa shape index (κ1) is 30.2. The molecule has 0 unspecified atom stereocenters. The van der Waals surface area contributed by atoms with Crippen LogP contribution in [-0.2, 0) is 12.6 Å². The van der Waals surface area contributed by atoms with Gasteiger partial charge in [-0.2, -0.15) is 13.2 Å². The van der Waals surface area contributed by atoms with E-state index in [9.17, 15) is 31.5 Å². The molecule has 4 aromatic heterocycles. The van der Waals surface area contributed by atoms with Gasteiger partial charge in [-0.3, -0.25) is 9.59 Å². The second-order valence-corrected chi connectivity index (χ2v) is 12.0. The molecule has 2 N–H and O–H groups in total.